The molecule has 0 fully saturated rings. The molecule has 2 heteroatoms. The van der Waals surface area contributed by atoms with Gasteiger partial charge in [-0.2, -0.15) is 11.8 Å². The average Bonchev–Trinajstić information content (AvgIpc) is 1.89. The molecule has 0 bridgehead atoms. The van der Waals surface area contributed by atoms with E-state index in [0.717, 1.165) is 11.7 Å². The third kappa shape index (κ3) is 8.78. The molecular weight excluding hydrogens is 147 g/mol. The van der Waals surface area contributed by atoms with Crippen molar-refractivity contribution in [2.24, 2.45) is 0 Å². The number of rotatable bonds is 6. The van der Waals surface area contributed by atoms with Crippen LogP contribution in [0.5, 0.6) is 0 Å². The van der Waals surface area contributed by atoms with Gasteiger partial charge in [-0.3, -0.25) is 0 Å². The van der Waals surface area contributed by atoms with Crippen LogP contribution in [-0.2, 0) is 0 Å². The molecule has 0 aromatic carbocycles. The SMILES string of the molecule is [2H]P(CCC)CSCCC. The Morgan fingerprint density at radius 2 is 2.22 bits per heavy atom. The van der Waals surface area contributed by atoms with Gasteiger partial charge in [-0.25, -0.2) is 0 Å². The minimum Gasteiger partial charge on any atom is -0.158 e. The zero-order valence-corrected chi connectivity index (χ0v) is 8.10. The van der Waals surface area contributed by atoms with Crippen LogP contribution in [-0.4, -0.2) is 18.7 Å². The Kier molecular flexibility index (Phi) is 7.69. The molecule has 0 aliphatic carbocycles. The summed E-state index contributed by atoms with van der Waals surface area (Å²) in [5, 5.41) is 0. The fourth-order valence-electron chi connectivity index (χ4n) is 0.496. The molecule has 0 amide bonds. The average molecular weight is 165 g/mol. The summed E-state index contributed by atoms with van der Waals surface area (Å²) in [5.41, 5.74) is 1.09. The normalized spacial score (nSPS) is 15.1. The second kappa shape index (κ2) is 8.78. The summed E-state index contributed by atoms with van der Waals surface area (Å²) >= 11 is 1.94. The first-order chi connectivity index (χ1) is 4.81. The highest BCUT2D eigenvalue weighted by Crippen LogP contribution is 2.19. The molecule has 0 aromatic rings. The van der Waals surface area contributed by atoms with Gasteiger partial charge in [0.2, 0.25) is 0 Å². The van der Waals surface area contributed by atoms with Crippen LogP contribution < -0.4 is 0 Å². The van der Waals surface area contributed by atoms with Gasteiger partial charge < -0.3 is 0 Å². The van der Waals surface area contributed by atoms with Crippen molar-refractivity contribution in [3.8, 4) is 0 Å². The van der Waals surface area contributed by atoms with E-state index in [0.29, 0.717) is 0 Å². The summed E-state index contributed by atoms with van der Waals surface area (Å²) in [6.45, 7) is 4.35. The number of hydrogen-bond acceptors (Lipinski definition) is 1. The van der Waals surface area contributed by atoms with Gasteiger partial charge in [0.25, 0.3) is 0 Å². The summed E-state index contributed by atoms with van der Waals surface area (Å²) in [6, 6.07) is 0. The quantitative estimate of drug-likeness (QED) is 0.430. The van der Waals surface area contributed by atoms with E-state index in [2.05, 4.69) is 13.8 Å². The Hall–Kier alpha value is 0.780. The maximum atomic E-state index is 7.59. The Labute approximate surface area is 66.2 Å². The number of hydrogen-bond donors (Lipinski definition) is 0. The molecule has 0 aliphatic heterocycles. The lowest BCUT2D eigenvalue weighted by atomic mass is 10.6. The van der Waals surface area contributed by atoms with Crippen LogP contribution in [0.3, 0.4) is 0 Å². The van der Waals surface area contributed by atoms with Gasteiger partial charge in [0, 0.05) is 5.49 Å². The van der Waals surface area contributed by atoms with Crippen molar-refractivity contribution in [3.05, 3.63) is 0 Å². The maximum Gasteiger partial charge on any atom is 0.0588 e. The van der Waals surface area contributed by atoms with Crippen molar-refractivity contribution >= 4 is 20.3 Å². The molecule has 0 spiro atoms. The molecule has 0 saturated carbocycles. The monoisotopic (exact) mass is 165 g/mol. The van der Waals surface area contributed by atoms with Gasteiger partial charge in [-0.05, 0) is 18.3 Å². The zero-order valence-electron chi connectivity index (χ0n) is 7.39. The third-order valence-corrected chi connectivity index (χ3v) is 3.83. The molecule has 0 aliphatic rings. The van der Waals surface area contributed by atoms with Gasteiger partial charge in [0.15, 0.2) is 0 Å². The highest BCUT2D eigenvalue weighted by atomic mass is 32.2. The van der Waals surface area contributed by atoms with Crippen LogP contribution in [0, 0.1) is 0 Å². The van der Waals surface area contributed by atoms with Crippen molar-refractivity contribution in [3.63, 3.8) is 0 Å². The second-order valence-corrected chi connectivity index (χ2v) is 4.73. The highest BCUT2D eigenvalue weighted by molar-refractivity contribution is 8.03. The first-order valence-electron chi connectivity index (χ1n) is 4.07. The summed E-state index contributed by atoms with van der Waals surface area (Å²) < 4.78 is 7.59. The van der Waals surface area contributed by atoms with Crippen molar-refractivity contribution < 1.29 is 0 Å². The zero-order chi connectivity index (χ0) is 7.82. The minimum atomic E-state index is -0.379. The van der Waals surface area contributed by atoms with Crippen molar-refractivity contribution in [2.45, 2.75) is 26.7 Å². The molecule has 1 atom stereocenters. The Balaban J connectivity index is 2.97. The van der Waals surface area contributed by atoms with Gasteiger partial charge in [-0.15, -0.1) is 8.53 Å². The minimum absolute atomic E-state index is 0.379. The molecule has 0 rings (SSSR count). The van der Waals surface area contributed by atoms with Crippen molar-refractivity contribution in [1.82, 2.24) is 0 Å². The van der Waals surface area contributed by atoms with Crippen molar-refractivity contribution in [1.29, 1.82) is 1.28 Å². The lowest BCUT2D eigenvalue weighted by Crippen LogP contribution is -1.75. The Morgan fingerprint density at radius 3 is 2.78 bits per heavy atom. The second-order valence-electron chi connectivity index (χ2n) is 1.98. The van der Waals surface area contributed by atoms with Crippen LogP contribution >= 0.6 is 20.3 Å². The van der Waals surface area contributed by atoms with Gasteiger partial charge in [0.1, 0.15) is 0 Å². The number of thioether (sulfide) groups is 1. The summed E-state index contributed by atoms with van der Waals surface area (Å²) in [6.07, 6.45) is 3.56. The largest absolute Gasteiger partial charge is 0.158 e. The van der Waals surface area contributed by atoms with E-state index in [-0.39, 0.29) is 8.53 Å². The van der Waals surface area contributed by atoms with E-state index in [1.807, 2.05) is 11.8 Å². The molecule has 0 radical (unpaired) electrons. The van der Waals surface area contributed by atoms with E-state index >= 15 is 0 Å². The smallest absolute Gasteiger partial charge is 0.0588 e. The molecule has 0 saturated heterocycles. The lowest BCUT2D eigenvalue weighted by molar-refractivity contribution is 1.10. The molecule has 9 heavy (non-hydrogen) atoms. The molecule has 1 unspecified atom stereocenters. The topological polar surface area (TPSA) is 0 Å². The van der Waals surface area contributed by atoms with Crippen LogP contribution in [0.25, 0.3) is 0 Å². The third-order valence-electron chi connectivity index (χ3n) is 0.913. The van der Waals surface area contributed by atoms with Gasteiger partial charge in [-0.1, -0.05) is 20.3 Å². The fourth-order valence-corrected chi connectivity index (χ4v) is 2.65. The van der Waals surface area contributed by atoms with Crippen LogP contribution in [0.15, 0.2) is 0 Å². The van der Waals surface area contributed by atoms with E-state index in [9.17, 15) is 0 Å². The fraction of sp³-hybridized carbons (Fsp3) is 1.00. The molecule has 0 aromatic heterocycles. The predicted molar refractivity (Wildman–Crippen MR) is 51.1 cm³/mol. The first kappa shape index (κ1) is 7.88. The summed E-state index contributed by atoms with van der Waals surface area (Å²) in [7, 11) is -0.379. The van der Waals surface area contributed by atoms with E-state index < -0.39 is 0 Å². The first-order valence-corrected chi connectivity index (χ1v) is 6.04. The summed E-state index contributed by atoms with van der Waals surface area (Å²) in [4.78, 5) is 0. The predicted octanol–water partition coefficient (Wildman–Crippen LogP) is 3.18. The van der Waals surface area contributed by atoms with Crippen molar-refractivity contribution in [2.75, 3.05) is 17.4 Å². The maximum absolute atomic E-state index is 7.59. The molecule has 0 heterocycles. The van der Waals surface area contributed by atoms with Crippen LogP contribution in [0.4, 0.5) is 0 Å². The van der Waals surface area contributed by atoms with E-state index in [1.165, 1.54) is 18.6 Å². The Bertz CT molecular complexity index is 70.6. The van der Waals surface area contributed by atoms with E-state index in [4.69, 9.17) is 1.28 Å². The van der Waals surface area contributed by atoms with Gasteiger partial charge >= 0.3 is 0 Å². The molecular formula is C7H17PS. The van der Waals surface area contributed by atoms with Crippen LogP contribution in [0.2, 0.25) is 0 Å². The molecule has 0 nitrogen and oxygen atoms in total. The summed E-state index contributed by atoms with van der Waals surface area (Å²) in [5.74, 6) is 1.24. The molecule has 0 N–H and O–H groups in total. The van der Waals surface area contributed by atoms with Gasteiger partial charge in [0.05, 0.1) is 1.28 Å². The highest BCUT2D eigenvalue weighted by Gasteiger charge is 1.85. The Morgan fingerprint density at radius 1 is 1.44 bits per heavy atom. The van der Waals surface area contributed by atoms with Crippen LogP contribution in [0.1, 0.15) is 26.7 Å². The molecule has 56 valence electrons. The lowest BCUT2D eigenvalue weighted by Gasteiger charge is -1.96. The standard InChI is InChI=1S/C7H17PS/c1-3-5-8-7-9-6-4-2/h8H,3-7H2,1-2H3/i8D. The van der Waals surface area contributed by atoms with E-state index in [1.54, 1.807) is 0 Å².